The van der Waals surface area contributed by atoms with E-state index in [0.29, 0.717) is 22.2 Å². The molecule has 106 valence electrons. The Labute approximate surface area is 125 Å². The van der Waals surface area contributed by atoms with Crippen molar-refractivity contribution in [3.63, 3.8) is 0 Å². The average Bonchev–Trinajstić information content (AvgIpc) is 2.37. The van der Waals surface area contributed by atoms with Crippen LogP contribution in [0.25, 0.3) is 0 Å². The molecule has 1 aromatic rings. The van der Waals surface area contributed by atoms with Crippen molar-refractivity contribution < 1.29 is 4.79 Å². The molecule has 0 unspecified atom stereocenters. The molecule has 0 saturated heterocycles. The highest BCUT2D eigenvalue weighted by Crippen LogP contribution is 2.23. The van der Waals surface area contributed by atoms with E-state index in [1.165, 1.54) is 32.1 Å². The van der Waals surface area contributed by atoms with E-state index in [1.807, 2.05) is 0 Å². The highest BCUT2D eigenvalue weighted by atomic mass is 35.5. The van der Waals surface area contributed by atoms with Gasteiger partial charge in [-0.2, -0.15) is 0 Å². The van der Waals surface area contributed by atoms with Crippen LogP contribution in [0, 0.1) is 5.92 Å². The number of nitrogens with two attached hydrogens (primary N) is 1. The smallest absolute Gasteiger partial charge is 0.252 e. The normalized spacial score (nSPS) is 15.6. The van der Waals surface area contributed by atoms with E-state index in [2.05, 4.69) is 5.32 Å². The van der Waals surface area contributed by atoms with Gasteiger partial charge in [-0.25, -0.2) is 0 Å². The number of benzene rings is 1. The second-order valence-electron chi connectivity index (χ2n) is 4.95. The quantitative estimate of drug-likeness (QED) is 0.837. The van der Waals surface area contributed by atoms with E-state index >= 15 is 0 Å². The van der Waals surface area contributed by atoms with Crippen molar-refractivity contribution in [3.8, 4) is 0 Å². The Balaban J connectivity index is 0.00000180. The number of anilines is 1. The molecule has 0 aliphatic heterocycles. The Hall–Kier alpha value is -0.930. The molecular formula is C14H20Cl2N2O. The first kappa shape index (κ1) is 16.1. The van der Waals surface area contributed by atoms with Gasteiger partial charge < -0.3 is 11.1 Å². The first-order valence-corrected chi connectivity index (χ1v) is 6.88. The third kappa shape index (κ3) is 4.59. The Bertz CT molecular complexity index is 431. The zero-order valence-electron chi connectivity index (χ0n) is 10.8. The number of amides is 1. The molecule has 3 N–H and O–H groups in total. The summed E-state index contributed by atoms with van der Waals surface area (Å²) in [6.07, 6.45) is 6.33. The van der Waals surface area contributed by atoms with Crippen LogP contribution >= 0.6 is 24.0 Å². The molecule has 1 aliphatic rings. The minimum atomic E-state index is -0.106. The average molecular weight is 303 g/mol. The maximum atomic E-state index is 12.0. The molecule has 0 atom stereocenters. The molecule has 1 fully saturated rings. The van der Waals surface area contributed by atoms with Crippen molar-refractivity contribution in [1.29, 1.82) is 0 Å². The number of nitrogen functional groups attached to an aromatic ring is 1. The van der Waals surface area contributed by atoms with Crippen LogP contribution in [0.5, 0.6) is 0 Å². The molecule has 3 nitrogen and oxygen atoms in total. The number of rotatable bonds is 3. The van der Waals surface area contributed by atoms with Crippen LogP contribution in [0.3, 0.4) is 0 Å². The number of carbonyl (C=O) groups is 1. The van der Waals surface area contributed by atoms with Gasteiger partial charge in [-0.05, 0) is 37.0 Å². The minimum Gasteiger partial charge on any atom is -0.399 e. The predicted molar refractivity (Wildman–Crippen MR) is 82.0 cm³/mol. The van der Waals surface area contributed by atoms with Gasteiger partial charge in [-0.15, -0.1) is 12.4 Å². The summed E-state index contributed by atoms with van der Waals surface area (Å²) in [6.45, 7) is 0.750. The molecule has 0 bridgehead atoms. The molecule has 5 heteroatoms. The standard InChI is InChI=1S/C14H19ClN2O.ClH/c15-13-8-11(16)6-7-12(13)14(18)17-9-10-4-2-1-3-5-10;/h6-8,10H,1-5,9,16H2,(H,17,18);1H. The summed E-state index contributed by atoms with van der Waals surface area (Å²) >= 11 is 6.01. The minimum absolute atomic E-state index is 0. The third-order valence-corrected chi connectivity index (χ3v) is 3.83. The fraction of sp³-hybridized carbons (Fsp3) is 0.500. The van der Waals surface area contributed by atoms with Gasteiger partial charge in [0.1, 0.15) is 0 Å². The largest absolute Gasteiger partial charge is 0.399 e. The van der Waals surface area contributed by atoms with E-state index in [1.54, 1.807) is 18.2 Å². The zero-order chi connectivity index (χ0) is 13.0. The summed E-state index contributed by atoms with van der Waals surface area (Å²) in [6, 6.07) is 4.98. The molecule has 0 radical (unpaired) electrons. The summed E-state index contributed by atoms with van der Waals surface area (Å²) < 4.78 is 0. The molecule has 1 saturated carbocycles. The SMILES string of the molecule is Cl.Nc1ccc(C(=O)NCC2CCCCC2)c(Cl)c1. The lowest BCUT2D eigenvalue weighted by atomic mass is 9.89. The Morgan fingerprint density at radius 3 is 2.63 bits per heavy atom. The van der Waals surface area contributed by atoms with Gasteiger partial charge in [0.05, 0.1) is 10.6 Å². The number of nitrogens with one attached hydrogen (secondary N) is 1. The summed E-state index contributed by atoms with van der Waals surface area (Å²) in [5.41, 5.74) is 6.68. The fourth-order valence-corrected chi connectivity index (χ4v) is 2.71. The van der Waals surface area contributed by atoms with Crippen LogP contribution in [0.2, 0.25) is 5.02 Å². The number of carbonyl (C=O) groups excluding carboxylic acids is 1. The Kier molecular flexibility index (Phi) is 6.46. The lowest BCUT2D eigenvalue weighted by Gasteiger charge is -2.21. The molecule has 19 heavy (non-hydrogen) atoms. The van der Waals surface area contributed by atoms with Crippen molar-refractivity contribution in [2.75, 3.05) is 12.3 Å². The second-order valence-corrected chi connectivity index (χ2v) is 5.36. The van der Waals surface area contributed by atoms with E-state index in [4.69, 9.17) is 17.3 Å². The molecule has 0 aromatic heterocycles. The topological polar surface area (TPSA) is 55.1 Å². The molecular weight excluding hydrogens is 283 g/mol. The van der Waals surface area contributed by atoms with Gasteiger partial charge in [0.2, 0.25) is 0 Å². The summed E-state index contributed by atoms with van der Waals surface area (Å²) in [7, 11) is 0. The maximum absolute atomic E-state index is 12.0. The van der Waals surface area contributed by atoms with Crippen molar-refractivity contribution in [2.24, 2.45) is 5.92 Å². The Morgan fingerprint density at radius 2 is 2.00 bits per heavy atom. The van der Waals surface area contributed by atoms with Gasteiger partial charge >= 0.3 is 0 Å². The van der Waals surface area contributed by atoms with Crippen LogP contribution in [0.15, 0.2) is 18.2 Å². The number of hydrogen-bond donors (Lipinski definition) is 2. The first-order valence-electron chi connectivity index (χ1n) is 6.50. The predicted octanol–water partition coefficient (Wildman–Crippen LogP) is 3.65. The van der Waals surface area contributed by atoms with Gasteiger partial charge in [-0.3, -0.25) is 4.79 Å². The van der Waals surface area contributed by atoms with E-state index in [9.17, 15) is 4.79 Å². The number of hydrogen-bond acceptors (Lipinski definition) is 2. The van der Waals surface area contributed by atoms with Gasteiger partial charge in [0.15, 0.2) is 0 Å². The van der Waals surface area contributed by atoms with Gasteiger partial charge in [0, 0.05) is 12.2 Å². The monoisotopic (exact) mass is 302 g/mol. The molecule has 1 amide bonds. The van der Waals surface area contributed by atoms with Crippen molar-refractivity contribution in [2.45, 2.75) is 32.1 Å². The fourth-order valence-electron chi connectivity index (χ4n) is 2.44. The number of halogens is 2. The first-order chi connectivity index (χ1) is 8.66. The zero-order valence-corrected chi connectivity index (χ0v) is 12.4. The highest BCUT2D eigenvalue weighted by Gasteiger charge is 2.16. The Morgan fingerprint density at radius 1 is 1.32 bits per heavy atom. The third-order valence-electron chi connectivity index (χ3n) is 3.51. The summed E-state index contributed by atoms with van der Waals surface area (Å²) in [5.74, 6) is 0.515. The van der Waals surface area contributed by atoms with E-state index in [-0.39, 0.29) is 18.3 Å². The van der Waals surface area contributed by atoms with Crippen LogP contribution in [0.4, 0.5) is 5.69 Å². The van der Waals surface area contributed by atoms with Gasteiger partial charge in [0.25, 0.3) is 5.91 Å². The van der Waals surface area contributed by atoms with Crippen molar-refractivity contribution in [1.82, 2.24) is 5.32 Å². The van der Waals surface area contributed by atoms with Crippen LogP contribution in [-0.2, 0) is 0 Å². The molecule has 1 aliphatic carbocycles. The summed E-state index contributed by atoms with van der Waals surface area (Å²) in [4.78, 5) is 12.0. The van der Waals surface area contributed by atoms with E-state index < -0.39 is 0 Å². The van der Waals surface area contributed by atoms with Crippen molar-refractivity contribution in [3.05, 3.63) is 28.8 Å². The second kappa shape index (κ2) is 7.61. The summed E-state index contributed by atoms with van der Waals surface area (Å²) in [5, 5.41) is 3.38. The van der Waals surface area contributed by atoms with Crippen LogP contribution in [-0.4, -0.2) is 12.5 Å². The molecule has 2 rings (SSSR count). The lowest BCUT2D eigenvalue weighted by Crippen LogP contribution is -2.30. The van der Waals surface area contributed by atoms with Crippen LogP contribution < -0.4 is 11.1 Å². The maximum Gasteiger partial charge on any atom is 0.252 e. The van der Waals surface area contributed by atoms with E-state index in [0.717, 1.165) is 6.54 Å². The van der Waals surface area contributed by atoms with Gasteiger partial charge in [-0.1, -0.05) is 30.9 Å². The van der Waals surface area contributed by atoms with Crippen LogP contribution in [0.1, 0.15) is 42.5 Å². The molecule has 0 spiro atoms. The highest BCUT2D eigenvalue weighted by molar-refractivity contribution is 6.34. The molecule has 0 heterocycles. The lowest BCUT2D eigenvalue weighted by molar-refractivity contribution is 0.0944. The molecule has 1 aromatic carbocycles. The van der Waals surface area contributed by atoms with Crippen molar-refractivity contribution >= 4 is 35.6 Å².